The predicted octanol–water partition coefficient (Wildman–Crippen LogP) is 5.57. The van der Waals surface area contributed by atoms with Gasteiger partial charge in [-0.1, -0.05) is 41.5 Å². The quantitative estimate of drug-likeness (QED) is 0.573. The maximum absolute atomic E-state index is 6.40. The Morgan fingerprint density at radius 1 is 0.920 bits per heavy atom. The topological polar surface area (TPSA) is 23.4 Å². The van der Waals surface area contributed by atoms with Crippen molar-refractivity contribution >= 4 is 36.9 Å². The second-order valence-electron chi connectivity index (χ2n) is 9.39. The van der Waals surface area contributed by atoms with Gasteiger partial charge in [0.1, 0.15) is 0 Å². The van der Waals surface area contributed by atoms with Crippen LogP contribution in [0.15, 0.2) is 16.7 Å². The fourth-order valence-corrected chi connectivity index (χ4v) is 12.0. The average Bonchev–Trinajstić information content (AvgIpc) is 2.87. The fourth-order valence-electron chi connectivity index (χ4n) is 4.76. The second-order valence-corrected chi connectivity index (χ2v) is 16.0. The Morgan fingerprint density at radius 2 is 1.32 bits per heavy atom. The molecule has 6 heteroatoms. The van der Waals surface area contributed by atoms with Crippen LogP contribution in [0.2, 0.25) is 16.6 Å². The first-order valence-electron chi connectivity index (χ1n) is 9.51. The fraction of sp³-hybridized carbons (Fsp3) is 0.789. The number of aromatic nitrogens is 1. The van der Waals surface area contributed by atoms with Gasteiger partial charge in [-0.25, -0.2) is 0 Å². The number of rotatable bonds is 5. The van der Waals surface area contributed by atoms with E-state index in [0.717, 1.165) is 10.1 Å². The molecule has 0 amide bonds. The van der Waals surface area contributed by atoms with Crippen LogP contribution in [0, 0.1) is 0 Å². The Morgan fingerprint density at radius 3 is 1.68 bits per heavy atom. The van der Waals surface area contributed by atoms with Crippen molar-refractivity contribution in [2.45, 2.75) is 97.1 Å². The molecule has 2 rings (SSSR count). The molecular formula is C19H35BBrNO2Si. The molecule has 25 heavy (non-hydrogen) atoms. The highest BCUT2D eigenvalue weighted by atomic mass is 79.9. The van der Waals surface area contributed by atoms with Crippen LogP contribution in [0.5, 0.6) is 0 Å². The van der Waals surface area contributed by atoms with Gasteiger partial charge in [0.05, 0.1) is 11.2 Å². The predicted molar refractivity (Wildman–Crippen MR) is 114 cm³/mol. The first-order valence-corrected chi connectivity index (χ1v) is 12.5. The van der Waals surface area contributed by atoms with E-state index in [-0.39, 0.29) is 18.3 Å². The third kappa shape index (κ3) is 3.32. The van der Waals surface area contributed by atoms with E-state index >= 15 is 0 Å². The lowest BCUT2D eigenvalue weighted by Crippen LogP contribution is -2.58. The molecule has 0 spiro atoms. The maximum atomic E-state index is 6.40. The molecule has 1 fully saturated rings. The van der Waals surface area contributed by atoms with Gasteiger partial charge in [-0.3, -0.25) is 0 Å². The molecule has 3 nitrogen and oxygen atoms in total. The minimum absolute atomic E-state index is 0.320. The molecule has 0 atom stereocenters. The van der Waals surface area contributed by atoms with Crippen LogP contribution >= 0.6 is 15.9 Å². The largest absolute Gasteiger partial charge is 0.511 e. The van der Waals surface area contributed by atoms with Crippen molar-refractivity contribution in [3.05, 3.63) is 16.7 Å². The molecule has 0 unspecified atom stereocenters. The summed E-state index contributed by atoms with van der Waals surface area (Å²) in [6.45, 7) is 22.8. The molecule has 1 aromatic heterocycles. The third-order valence-electron chi connectivity index (χ3n) is 6.50. The number of halogens is 1. The van der Waals surface area contributed by atoms with Crippen molar-refractivity contribution in [2.75, 3.05) is 0 Å². The minimum atomic E-state index is -1.86. The SMILES string of the molecule is CC(C)[Si](C(C)C)(C(C)C)n1cc(Br)cc1B1OC(C)(C)C(C)(C)O1. The van der Waals surface area contributed by atoms with Gasteiger partial charge in [-0.05, 0) is 66.3 Å². The van der Waals surface area contributed by atoms with E-state index in [9.17, 15) is 0 Å². The monoisotopic (exact) mass is 427 g/mol. The van der Waals surface area contributed by atoms with Gasteiger partial charge in [-0.2, -0.15) is 0 Å². The zero-order chi connectivity index (χ0) is 19.4. The van der Waals surface area contributed by atoms with Crippen LogP contribution in [0.25, 0.3) is 0 Å². The highest BCUT2D eigenvalue weighted by Crippen LogP contribution is 2.43. The lowest BCUT2D eigenvalue weighted by Gasteiger charge is -2.45. The third-order valence-corrected chi connectivity index (χ3v) is 13.7. The van der Waals surface area contributed by atoms with Crippen molar-refractivity contribution in [1.82, 2.24) is 4.23 Å². The van der Waals surface area contributed by atoms with Gasteiger partial charge < -0.3 is 13.5 Å². The Hall–Kier alpha value is -0.0382. The van der Waals surface area contributed by atoms with E-state index in [0.29, 0.717) is 16.6 Å². The average molecular weight is 428 g/mol. The van der Waals surface area contributed by atoms with Gasteiger partial charge >= 0.3 is 7.12 Å². The summed E-state index contributed by atoms with van der Waals surface area (Å²) in [5.74, 6) is 0. The lowest BCUT2D eigenvalue weighted by molar-refractivity contribution is 0.00578. The molecule has 1 aliphatic heterocycles. The first-order chi connectivity index (χ1) is 11.3. The molecule has 0 N–H and O–H groups in total. The molecule has 1 aromatic rings. The van der Waals surface area contributed by atoms with Crippen LogP contribution < -0.4 is 5.59 Å². The summed E-state index contributed by atoms with van der Waals surface area (Å²) in [4.78, 5) is 0. The van der Waals surface area contributed by atoms with Crippen LogP contribution in [-0.4, -0.2) is 30.8 Å². The smallest absolute Gasteiger partial charge is 0.398 e. The molecule has 2 heterocycles. The van der Waals surface area contributed by atoms with E-state index in [1.807, 2.05) is 0 Å². The van der Waals surface area contributed by atoms with Crippen molar-refractivity contribution in [3.63, 3.8) is 0 Å². The number of hydrogen-bond donors (Lipinski definition) is 0. The van der Waals surface area contributed by atoms with Gasteiger partial charge in [-0.15, -0.1) is 0 Å². The Labute approximate surface area is 164 Å². The van der Waals surface area contributed by atoms with E-state index in [4.69, 9.17) is 9.31 Å². The van der Waals surface area contributed by atoms with E-state index in [2.05, 4.69) is 102 Å². The Balaban J connectivity index is 2.62. The zero-order valence-electron chi connectivity index (χ0n) is 17.6. The van der Waals surface area contributed by atoms with Gasteiger partial charge in [0.2, 0.25) is 0 Å². The summed E-state index contributed by atoms with van der Waals surface area (Å²) in [5, 5.41) is 0. The first kappa shape index (κ1) is 21.3. The minimum Gasteiger partial charge on any atom is -0.398 e. The van der Waals surface area contributed by atoms with Gasteiger partial charge in [0.15, 0.2) is 8.24 Å². The zero-order valence-corrected chi connectivity index (χ0v) is 20.2. The highest BCUT2D eigenvalue weighted by Gasteiger charge is 2.55. The highest BCUT2D eigenvalue weighted by molar-refractivity contribution is 9.10. The molecule has 1 aliphatic rings. The van der Waals surface area contributed by atoms with Crippen molar-refractivity contribution in [2.24, 2.45) is 0 Å². The summed E-state index contributed by atoms with van der Waals surface area (Å²) in [5.41, 5.74) is 2.37. The number of hydrogen-bond acceptors (Lipinski definition) is 2. The van der Waals surface area contributed by atoms with E-state index < -0.39 is 8.24 Å². The maximum Gasteiger partial charge on any atom is 0.511 e. The van der Waals surface area contributed by atoms with Crippen molar-refractivity contribution < 1.29 is 9.31 Å². The molecule has 0 saturated carbocycles. The summed E-state index contributed by atoms with van der Waals surface area (Å²) >= 11 is 3.72. The standard InChI is InChI=1S/C19H35BBrNO2Si/c1-13(2)25(14(3)4,15(5)6)22-12-16(21)11-17(22)20-23-18(7,8)19(9,10)24-20/h11-15H,1-10H3. The van der Waals surface area contributed by atoms with Crippen molar-refractivity contribution in [3.8, 4) is 0 Å². The molecule has 0 bridgehead atoms. The normalized spacial score (nSPS) is 20.3. The van der Waals surface area contributed by atoms with E-state index in [1.54, 1.807) is 0 Å². The molecule has 0 radical (unpaired) electrons. The molecule has 0 aliphatic carbocycles. The molecular weight excluding hydrogens is 393 g/mol. The summed E-state index contributed by atoms with van der Waals surface area (Å²) in [6, 6.07) is 2.19. The van der Waals surface area contributed by atoms with Crippen LogP contribution in [0.3, 0.4) is 0 Å². The van der Waals surface area contributed by atoms with E-state index in [1.165, 1.54) is 0 Å². The van der Waals surface area contributed by atoms with Crippen LogP contribution in [0.4, 0.5) is 0 Å². The Kier molecular flexibility index (Phi) is 5.82. The number of nitrogens with zero attached hydrogens (tertiary/aromatic N) is 1. The molecule has 0 aromatic carbocycles. The lowest BCUT2D eigenvalue weighted by atomic mass is 9.85. The Bertz CT molecular complexity index is 587. The van der Waals surface area contributed by atoms with Crippen molar-refractivity contribution in [1.29, 1.82) is 0 Å². The van der Waals surface area contributed by atoms with Gasteiger partial charge in [0.25, 0.3) is 0 Å². The van der Waals surface area contributed by atoms with Gasteiger partial charge in [0, 0.05) is 16.3 Å². The van der Waals surface area contributed by atoms with Crippen LogP contribution in [-0.2, 0) is 9.31 Å². The molecule has 1 saturated heterocycles. The van der Waals surface area contributed by atoms with Crippen LogP contribution in [0.1, 0.15) is 69.2 Å². The molecule has 142 valence electrons. The second kappa shape index (κ2) is 6.84. The summed E-state index contributed by atoms with van der Waals surface area (Å²) in [7, 11) is -2.18. The summed E-state index contributed by atoms with van der Waals surface area (Å²) < 4.78 is 16.5. The summed E-state index contributed by atoms with van der Waals surface area (Å²) in [6.07, 6.45) is 2.27.